The number of carbonyl (C=O) groups is 2. The van der Waals surface area contributed by atoms with E-state index in [-0.39, 0.29) is 18.3 Å². The summed E-state index contributed by atoms with van der Waals surface area (Å²) in [6.45, 7) is 8.34. The van der Waals surface area contributed by atoms with Crippen LogP contribution in [-0.2, 0) is 20.8 Å². The lowest BCUT2D eigenvalue weighted by atomic mass is 10.0. The number of piperazine rings is 1. The van der Waals surface area contributed by atoms with Crippen molar-refractivity contribution in [1.82, 2.24) is 14.7 Å². The molecule has 0 aromatic heterocycles. The minimum absolute atomic E-state index is 0.0676. The number of esters is 1. The van der Waals surface area contributed by atoms with Crippen LogP contribution >= 0.6 is 0 Å². The fraction of sp³-hybridized carbons (Fsp3) is 0.680. The largest absolute Gasteiger partial charge is 0.517 e. The van der Waals surface area contributed by atoms with Crippen LogP contribution in [0.5, 0.6) is 0 Å². The van der Waals surface area contributed by atoms with Crippen LogP contribution in [0, 0.1) is 0 Å². The van der Waals surface area contributed by atoms with Crippen molar-refractivity contribution in [3.63, 3.8) is 0 Å². The van der Waals surface area contributed by atoms with Crippen molar-refractivity contribution < 1.29 is 23.5 Å². The zero-order valence-corrected chi connectivity index (χ0v) is 20.2. The Balaban J connectivity index is 1.22. The van der Waals surface area contributed by atoms with Crippen molar-refractivity contribution in [2.75, 3.05) is 66.5 Å². The van der Waals surface area contributed by atoms with E-state index in [1.807, 2.05) is 0 Å². The molecular weight excluding hydrogens is 420 g/mol. The minimum Gasteiger partial charge on any atom is -0.469 e. The molecule has 0 spiro atoms. The Labute approximate surface area is 197 Å². The first-order valence-corrected chi connectivity index (χ1v) is 12.3. The molecule has 0 aliphatic carbocycles. The van der Waals surface area contributed by atoms with Gasteiger partial charge in [0.15, 0.2) is 0 Å². The second kappa shape index (κ2) is 11.0. The van der Waals surface area contributed by atoms with Crippen LogP contribution in [0.3, 0.4) is 0 Å². The summed E-state index contributed by atoms with van der Waals surface area (Å²) < 4.78 is 11.0. The van der Waals surface area contributed by atoms with Gasteiger partial charge in [-0.25, -0.2) is 4.48 Å². The summed E-state index contributed by atoms with van der Waals surface area (Å²) in [4.78, 5) is 31.5. The lowest BCUT2D eigenvalue weighted by molar-refractivity contribution is -0.852. The molecule has 3 saturated heterocycles. The van der Waals surface area contributed by atoms with Crippen LogP contribution in [0.2, 0.25) is 0 Å². The Morgan fingerprint density at radius 2 is 1.76 bits per heavy atom. The fourth-order valence-electron chi connectivity index (χ4n) is 5.47. The van der Waals surface area contributed by atoms with Gasteiger partial charge in [-0.3, -0.25) is 14.6 Å². The molecule has 0 radical (unpaired) electrons. The second-order valence-electron chi connectivity index (χ2n) is 9.84. The second-order valence-corrected chi connectivity index (χ2v) is 9.84. The highest BCUT2D eigenvalue weighted by atomic mass is 16.6. The van der Waals surface area contributed by atoms with Gasteiger partial charge in [-0.15, -0.1) is 0 Å². The predicted octanol–water partition coefficient (Wildman–Crippen LogP) is 2.14. The SMILES string of the molecule is COC(=O)CCCN1CCN(C2C[N+](C)(C3CCN(Cc4ccccc4)CC3)C(=O)O2)CC1. The molecule has 1 amide bonds. The molecule has 1 aromatic carbocycles. The first-order valence-electron chi connectivity index (χ1n) is 12.3. The average molecular weight is 460 g/mol. The molecule has 3 aliphatic heterocycles. The third-order valence-electron chi connectivity index (χ3n) is 7.70. The number of benzene rings is 1. The molecule has 182 valence electrons. The van der Waals surface area contributed by atoms with Gasteiger partial charge in [-0.05, 0) is 18.5 Å². The Morgan fingerprint density at radius 3 is 2.42 bits per heavy atom. The van der Waals surface area contributed by atoms with Gasteiger partial charge < -0.3 is 14.4 Å². The molecule has 2 atom stereocenters. The molecule has 0 N–H and O–H groups in total. The minimum atomic E-state index is -0.144. The highest BCUT2D eigenvalue weighted by Crippen LogP contribution is 2.31. The van der Waals surface area contributed by atoms with Crippen LogP contribution in [0.15, 0.2) is 30.3 Å². The molecule has 0 saturated carbocycles. The Hall–Kier alpha value is -2.00. The van der Waals surface area contributed by atoms with Crippen LogP contribution in [0.25, 0.3) is 0 Å². The molecule has 8 heteroatoms. The Bertz CT molecular complexity index is 791. The number of nitrogens with zero attached hydrogens (tertiary/aromatic N) is 4. The van der Waals surface area contributed by atoms with Gasteiger partial charge in [0.1, 0.15) is 12.6 Å². The highest BCUT2D eigenvalue weighted by molar-refractivity contribution is 5.69. The number of piperidine rings is 1. The number of carbonyl (C=O) groups excluding carboxylic acids is 2. The number of quaternary nitrogens is 1. The third-order valence-corrected chi connectivity index (χ3v) is 7.70. The standard InChI is InChI=1S/C25H39N4O4/c1-29(22-10-13-27(14-11-22)19-21-7-4-3-5-8-21)20-23(33-25(29)31)28-17-15-26(16-18-28)12-6-9-24(30)32-2/h3-5,7-8,22-23H,6,9-20H2,1-2H3/q+1. The van der Waals surface area contributed by atoms with Crippen molar-refractivity contribution in [3.05, 3.63) is 35.9 Å². The molecule has 3 fully saturated rings. The van der Waals surface area contributed by atoms with Crippen molar-refractivity contribution in [2.45, 2.75) is 44.5 Å². The van der Waals surface area contributed by atoms with E-state index in [9.17, 15) is 9.59 Å². The molecular formula is C25H39N4O4+. The van der Waals surface area contributed by atoms with E-state index in [4.69, 9.17) is 9.47 Å². The summed E-state index contributed by atoms with van der Waals surface area (Å²) in [7, 11) is 3.51. The summed E-state index contributed by atoms with van der Waals surface area (Å²) in [6.07, 6.45) is 3.15. The van der Waals surface area contributed by atoms with Crippen LogP contribution < -0.4 is 0 Å². The molecule has 1 aromatic rings. The Kier molecular flexibility index (Phi) is 8.01. The molecule has 8 nitrogen and oxygen atoms in total. The molecule has 4 rings (SSSR count). The number of hydrogen-bond acceptors (Lipinski definition) is 7. The first kappa shape index (κ1) is 24.1. The highest BCUT2D eigenvalue weighted by Gasteiger charge is 2.53. The van der Waals surface area contributed by atoms with Gasteiger partial charge >= 0.3 is 12.1 Å². The smallest absolute Gasteiger partial charge is 0.469 e. The van der Waals surface area contributed by atoms with Gasteiger partial charge in [0, 0.05) is 65.1 Å². The monoisotopic (exact) mass is 459 g/mol. The van der Waals surface area contributed by atoms with E-state index in [1.165, 1.54) is 12.7 Å². The van der Waals surface area contributed by atoms with E-state index >= 15 is 0 Å². The number of cyclic esters (lactones) is 1. The number of methoxy groups -OCH3 is 1. The summed E-state index contributed by atoms with van der Waals surface area (Å²) in [5, 5.41) is 0. The van der Waals surface area contributed by atoms with Gasteiger partial charge in [0.2, 0.25) is 6.23 Å². The number of likely N-dealkylation sites (tertiary alicyclic amines) is 1. The molecule has 33 heavy (non-hydrogen) atoms. The zero-order chi connectivity index (χ0) is 23.3. The number of hydrogen-bond donors (Lipinski definition) is 0. The molecule has 3 aliphatic rings. The summed E-state index contributed by atoms with van der Waals surface area (Å²) in [6, 6.07) is 10.9. The van der Waals surface area contributed by atoms with Crippen LogP contribution in [0.1, 0.15) is 31.2 Å². The number of amides is 1. The normalized spacial score (nSPS) is 28.1. The third kappa shape index (κ3) is 5.93. The molecule has 3 heterocycles. The summed E-state index contributed by atoms with van der Waals surface area (Å²) >= 11 is 0. The zero-order valence-electron chi connectivity index (χ0n) is 20.2. The summed E-state index contributed by atoms with van der Waals surface area (Å²) in [5.74, 6) is -0.144. The maximum Gasteiger partial charge on any atom is 0.517 e. The Morgan fingerprint density at radius 1 is 1.06 bits per heavy atom. The van der Waals surface area contributed by atoms with Gasteiger partial charge in [0.05, 0.1) is 14.2 Å². The molecule has 2 unspecified atom stereocenters. The van der Waals surface area contributed by atoms with Gasteiger partial charge in [-0.2, -0.15) is 4.79 Å². The van der Waals surface area contributed by atoms with Crippen LogP contribution in [0.4, 0.5) is 4.79 Å². The van der Waals surface area contributed by atoms with E-state index in [0.29, 0.717) is 16.9 Å². The summed E-state index contributed by atoms with van der Waals surface area (Å²) in [5.41, 5.74) is 1.35. The van der Waals surface area contributed by atoms with Crippen molar-refractivity contribution >= 4 is 12.1 Å². The quantitative estimate of drug-likeness (QED) is 0.436. The number of ether oxygens (including phenoxy) is 2. The average Bonchev–Trinajstić information content (AvgIpc) is 3.15. The predicted molar refractivity (Wildman–Crippen MR) is 125 cm³/mol. The van der Waals surface area contributed by atoms with Crippen molar-refractivity contribution in [3.8, 4) is 0 Å². The van der Waals surface area contributed by atoms with Gasteiger partial charge in [-0.1, -0.05) is 30.3 Å². The van der Waals surface area contributed by atoms with E-state index < -0.39 is 0 Å². The topological polar surface area (TPSA) is 62.3 Å². The fourth-order valence-corrected chi connectivity index (χ4v) is 5.47. The van der Waals surface area contributed by atoms with Crippen molar-refractivity contribution in [2.24, 2.45) is 0 Å². The van der Waals surface area contributed by atoms with Crippen LogP contribution in [-0.4, -0.2) is 110 Å². The number of likely N-dealkylation sites (N-methyl/N-ethyl adjacent to an activating group) is 1. The van der Waals surface area contributed by atoms with E-state index in [0.717, 1.165) is 78.2 Å². The first-order chi connectivity index (χ1) is 16.0. The van der Waals surface area contributed by atoms with Gasteiger partial charge in [0.25, 0.3) is 0 Å². The molecule has 0 bridgehead atoms. The number of rotatable bonds is 8. The lowest BCUT2D eigenvalue weighted by Crippen LogP contribution is -2.58. The lowest BCUT2D eigenvalue weighted by Gasteiger charge is -2.40. The van der Waals surface area contributed by atoms with Crippen molar-refractivity contribution in [1.29, 1.82) is 0 Å². The van der Waals surface area contributed by atoms with E-state index in [2.05, 4.69) is 52.1 Å². The maximum absolute atomic E-state index is 13.0. The van der Waals surface area contributed by atoms with E-state index in [1.54, 1.807) is 0 Å². The maximum atomic E-state index is 13.0.